The van der Waals surface area contributed by atoms with E-state index in [1.165, 1.54) is 13.0 Å². The molecule has 5 nitrogen and oxygen atoms in total. The standard InChI is InChI=1S/C17H15ClF3N3O2/c1-9(24-15(25)7-10-3-2-4-13(10)23-24)16(26)22-14-8-11(17(19,20)21)5-6-12(14)18/h5-9H,2-4H2,1H3,(H,22,26). The van der Waals surface area contributed by atoms with Crippen molar-refractivity contribution in [3.63, 3.8) is 0 Å². The summed E-state index contributed by atoms with van der Waals surface area (Å²) < 4.78 is 39.5. The van der Waals surface area contributed by atoms with E-state index in [1.54, 1.807) is 0 Å². The van der Waals surface area contributed by atoms with Crippen LogP contribution in [0.25, 0.3) is 0 Å². The van der Waals surface area contributed by atoms with Crippen molar-refractivity contribution < 1.29 is 18.0 Å². The Bertz CT molecular complexity index is 924. The van der Waals surface area contributed by atoms with Gasteiger partial charge in [-0.1, -0.05) is 11.6 Å². The Balaban J connectivity index is 1.86. The summed E-state index contributed by atoms with van der Waals surface area (Å²) in [7, 11) is 0. The van der Waals surface area contributed by atoms with Crippen LogP contribution in [-0.4, -0.2) is 15.7 Å². The third-order valence-corrected chi connectivity index (χ3v) is 4.61. The Kier molecular flexibility index (Phi) is 4.79. The maximum atomic E-state index is 12.8. The monoisotopic (exact) mass is 385 g/mol. The molecule has 0 fully saturated rings. The van der Waals surface area contributed by atoms with Crippen molar-refractivity contribution in [2.75, 3.05) is 5.32 Å². The maximum absolute atomic E-state index is 12.8. The first-order chi connectivity index (χ1) is 12.2. The molecule has 26 heavy (non-hydrogen) atoms. The first-order valence-electron chi connectivity index (χ1n) is 7.96. The summed E-state index contributed by atoms with van der Waals surface area (Å²) >= 11 is 5.88. The van der Waals surface area contributed by atoms with Gasteiger partial charge in [0, 0.05) is 6.07 Å². The summed E-state index contributed by atoms with van der Waals surface area (Å²) in [5, 5.41) is 6.54. The molecule has 138 valence electrons. The van der Waals surface area contributed by atoms with Crippen molar-refractivity contribution in [2.24, 2.45) is 0 Å². The second kappa shape index (κ2) is 6.75. The van der Waals surface area contributed by atoms with E-state index >= 15 is 0 Å². The molecule has 2 aromatic rings. The average Bonchev–Trinajstić information content (AvgIpc) is 3.01. The largest absolute Gasteiger partial charge is 0.416 e. The number of nitrogens with zero attached hydrogens (tertiary/aromatic N) is 2. The highest BCUT2D eigenvalue weighted by Crippen LogP contribution is 2.34. The van der Waals surface area contributed by atoms with Crippen LogP contribution >= 0.6 is 11.6 Å². The number of rotatable bonds is 3. The van der Waals surface area contributed by atoms with E-state index in [2.05, 4.69) is 10.4 Å². The molecular weight excluding hydrogens is 371 g/mol. The molecule has 9 heteroatoms. The van der Waals surface area contributed by atoms with Crippen LogP contribution in [0.5, 0.6) is 0 Å². The Labute approximate surface area is 151 Å². The van der Waals surface area contributed by atoms with Gasteiger partial charge in [0.2, 0.25) is 5.91 Å². The van der Waals surface area contributed by atoms with Crippen LogP contribution in [0, 0.1) is 0 Å². The lowest BCUT2D eigenvalue weighted by molar-refractivity contribution is -0.137. The zero-order valence-corrected chi connectivity index (χ0v) is 14.5. The Morgan fingerprint density at radius 1 is 1.31 bits per heavy atom. The molecule has 0 radical (unpaired) electrons. The quantitative estimate of drug-likeness (QED) is 0.878. The Morgan fingerprint density at radius 3 is 2.73 bits per heavy atom. The highest BCUT2D eigenvalue weighted by Gasteiger charge is 2.31. The minimum absolute atomic E-state index is 0.0344. The number of nitrogens with one attached hydrogen (secondary N) is 1. The summed E-state index contributed by atoms with van der Waals surface area (Å²) in [5.41, 5.74) is 0.106. The smallest absolute Gasteiger partial charge is 0.323 e. The molecule has 1 aliphatic rings. The molecule has 0 bridgehead atoms. The first-order valence-corrected chi connectivity index (χ1v) is 8.34. The third-order valence-electron chi connectivity index (χ3n) is 4.28. The van der Waals surface area contributed by atoms with Gasteiger partial charge < -0.3 is 5.32 Å². The molecule has 1 atom stereocenters. The van der Waals surface area contributed by atoms with Gasteiger partial charge in [-0.3, -0.25) is 9.59 Å². The number of alkyl halides is 3. The van der Waals surface area contributed by atoms with E-state index in [-0.39, 0.29) is 10.7 Å². The van der Waals surface area contributed by atoms with Crippen LogP contribution in [-0.2, 0) is 23.8 Å². The van der Waals surface area contributed by atoms with Crippen molar-refractivity contribution in [1.29, 1.82) is 0 Å². The number of anilines is 1. The van der Waals surface area contributed by atoms with Crippen molar-refractivity contribution in [1.82, 2.24) is 9.78 Å². The summed E-state index contributed by atoms with van der Waals surface area (Å²) in [5.74, 6) is -0.682. The number of hydrogen-bond acceptors (Lipinski definition) is 3. The van der Waals surface area contributed by atoms with Crippen LogP contribution in [0.3, 0.4) is 0 Å². The molecule has 1 unspecified atom stereocenters. The summed E-state index contributed by atoms with van der Waals surface area (Å²) in [4.78, 5) is 24.6. The highest BCUT2D eigenvalue weighted by molar-refractivity contribution is 6.33. The number of benzene rings is 1. The second-order valence-electron chi connectivity index (χ2n) is 6.11. The molecule has 0 spiro atoms. The van der Waals surface area contributed by atoms with Gasteiger partial charge in [0.15, 0.2) is 0 Å². The number of aromatic nitrogens is 2. The molecule has 1 heterocycles. The highest BCUT2D eigenvalue weighted by atomic mass is 35.5. The number of carbonyl (C=O) groups is 1. The topological polar surface area (TPSA) is 64.0 Å². The van der Waals surface area contributed by atoms with Gasteiger partial charge in [0.25, 0.3) is 5.56 Å². The summed E-state index contributed by atoms with van der Waals surface area (Å²) in [6, 6.07) is 3.10. The summed E-state index contributed by atoms with van der Waals surface area (Å²) in [6.07, 6.45) is -2.16. The van der Waals surface area contributed by atoms with E-state index in [9.17, 15) is 22.8 Å². The SMILES string of the molecule is CC(C(=O)Nc1cc(C(F)(F)F)ccc1Cl)n1nc2c(cc1=O)CCC2. The predicted molar refractivity (Wildman–Crippen MR) is 90.3 cm³/mol. The average molecular weight is 386 g/mol. The number of carbonyl (C=O) groups excluding carboxylic acids is 1. The van der Waals surface area contributed by atoms with E-state index in [0.29, 0.717) is 0 Å². The lowest BCUT2D eigenvalue weighted by atomic mass is 10.2. The van der Waals surface area contributed by atoms with Crippen LogP contribution in [0.15, 0.2) is 29.1 Å². The summed E-state index contributed by atoms with van der Waals surface area (Å²) in [6.45, 7) is 1.45. The van der Waals surface area contributed by atoms with Crippen LogP contribution < -0.4 is 10.9 Å². The fraction of sp³-hybridized carbons (Fsp3) is 0.353. The van der Waals surface area contributed by atoms with Crippen LogP contribution in [0.2, 0.25) is 5.02 Å². The zero-order valence-electron chi connectivity index (χ0n) is 13.7. The number of hydrogen-bond donors (Lipinski definition) is 1. The van der Waals surface area contributed by atoms with Crippen molar-refractivity contribution >= 4 is 23.2 Å². The van der Waals surface area contributed by atoms with Crippen molar-refractivity contribution in [3.05, 3.63) is 56.5 Å². The zero-order chi connectivity index (χ0) is 19.1. The Morgan fingerprint density at radius 2 is 2.04 bits per heavy atom. The molecule has 1 aliphatic carbocycles. The van der Waals surface area contributed by atoms with Crippen LogP contribution in [0.4, 0.5) is 18.9 Å². The van der Waals surface area contributed by atoms with Gasteiger partial charge >= 0.3 is 6.18 Å². The molecule has 1 amide bonds. The number of amides is 1. The van der Waals surface area contributed by atoms with E-state index < -0.39 is 29.2 Å². The minimum Gasteiger partial charge on any atom is -0.323 e. The molecule has 1 aromatic carbocycles. The van der Waals surface area contributed by atoms with Gasteiger partial charge in [0.1, 0.15) is 6.04 Å². The Hall–Kier alpha value is -2.35. The van der Waals surface area contributed by atoms with Gasteiger partial charge in [-0.25, -0.2) is 4.68 Å². The molecule has 3 rings (SSSR count). The maximum Gasteiger partial charge on any atom is 0.416 e. The van der Waals surface area contributed by atoms with E-state index in [0.717, 1.165) is 53.4 Å². The molecular formula is C17H15ClF3N3O2. The van der Waals surface area contributed by atoms with Gasteiger partial charge in [-0.2, -0.15) is 18.3 Å². The van der Waals surface area contributed by atoms with E-state index in [4.69, 9.17) is 11.6 Å². The number of halogens is 4. The minimum atomic E-state index is -4.56. The third kappa shape index (κ3) is 3.60. The lowest BCUT2D eigenvalue weighted by Crippen LogP contribution is -2.34. The predicted octanol–water partition coefficient (Wildman–Crippen LogP) is 3.60. The second-order valence-corrected chi connectivity index (χ2v) is 6.52. The van der Waals surface area contributed by atoms with Gasteiger partial charge in [-0.05, 0) is 49.9 Å². The van der Waals surface area contributed by atoms with Crippen molar-refractivity contribution in [2.45, 2.75) is 38.4 Å². The molecule has 0 aliphatic heterocycles. The van der Waals surface area contributed by atoms with E-state index in [1.807, 2.05) is 0 Å². The fourth-order valence-corrected chi connectivity index (χ4v) is 3.00. The molecule has 0 saturated carbocycles. The molecule has 1 N–H and O–H groups in total. The fourth-order valence-electron chi connectivity index (χ4n) is 2.84. The lowest BCUT2D eigenvalue weighted by Gasteiger charge is -2.16. The first kappa shape index (κ1) is 18.4. The molecule has 1 aromatic heterocycles. The number of fused-ring (bicyclic) bond motifs is 1. The normalized spacial score (nSPS) is 14.8. The van der Waals surface area contributed by atoms with Crippen LogP contribution in [0.1, 0.15) is 36.2 Å². The van der Waals surface area contributed by atoms with Gasteiger partial charge in [0.05, 0.1) is 22.0 Å². The van der Waals surface area contributed by atoms with Crippen molar-refractivity contribution in [3.8, 4) is 0 Å². The van der Waals surface area contributed by atoms with Gasteiger partial charge in [-0.15, -0.1) is 0 Å². The molecule has 0 saturated heterocycles. The number of aryl methyl sites for hydroxylation is 2.